The predicted molar refractivity (Wildman–Crippen MR) is 131 cm³/mol. The predicted octanol–water partition coefficient (Wildman–Crippen LogP) is 4.74. The molecule has 0 radical (unpaired) electrons. The van der Waals surface area contributed by atoms with Gasteiger partial charge in [-0.3, -0.25) is 14.9 Å². The van der Waals surface area contributed by atoms with Gasteiger partial charge in [-0.05, 0) is 34.9 Å². The molecule has 4 rings (SSSR count). The minimum Gasteiger partial charge on any atom is -0.497 e. The maximum atomic E-state index is 12.6. The topological polar surface area (TPSA) is 161 Å². The van der Waals surface area contributed by atoms with Crippen molar-refractivity contribution >= 4 is 44.9 Å². The van der Waals surface area contributed by atoms with Crippen LogP contribution in [-0.2, 0) is 11.3 Å². The number of nitrogens with zero attached hydrogens (tertiary/aromatic N) is 7. The Balaban J connectivity index is 1.58. The molecule has 0 aliphatic carbocycles. The molecule has 4 aromatic rings. The van der Waals surface area contributed by atoms with Crippen LogP contribution in [0, 0.1) is 10.1 Å². The lowest BCUT2D eigenvalue weighted by molar-refractivity contribution is -0.383. The smallest absolute Gasteiger partial charge is 0.300 e. The van der Waals surface area contributed by atoms with Crippen molar-refractivity contribution < 1.29 is 24.2 Å². The van der Waals surface area contributed by atoms with E-state index in [1.54, 1.807) is 36.9 Å². The summed E-state index contributed by atoms with van der Waals surface area (Å²) in [4.78, 5) is 24.8. The molecule has 13 heteroatoms. The maximum absolute atomic E-state index is 12.6. The maximum Gasteiger partial charge on any atom is 0.300 e. The van der Waals surface area contributed by atoms with Crippen molar-refractivity contribution in [3.05, 3.63) is 40.4 Å². The van der Waals surface area contributed by atoms with Crippen molar-refractivity contribution in [2.75, 3.05) is 25.6 Å². The lowest BCUT2D eigenvalue weighted by Gasteiger charge is -2.16. The fraction of sp³-hybridized carbons (Fsp3) is 0.348. The second-order valence-electron chi connectivity index (χ2n) is 8.19. The first-order valence-electron chi connectivity index (χ1n) is 11.3. The molecule has 0 bridgehead atoms. The number of nitro groups is 1. The van der Waals surface area contributed by atoms with Crippen LogP contribution in [0.5, 0.6) is 11.6 Å². The third kappa shape index (κ3) is 4.67. The summed E-state index contributed by atoms with van der Waals surface area (Å²) in [5, 5.41) is 37.9. The molecule has 2 aromatic heterocycles. The minimum absolute atomic E-state index is 0.0188. The number of non-ortho nitro benzene ring substituents is 1. The highest BCUT2D eigenvalue weighted by Gasteiger charge is 2.22. The number of nitro benzene ring substituents is 1. The van der Waals surface area contributed by atoms with Crippen LogP contribution >= 0.6 is 0 Å². The number of aryl methyl sites for hydroxylation is 1. The van der Waals surface area contributed by atoms with Gasteiger partial charge in [0, 0.05) is 31.1 Å². The fourth-order valence-corrected chi connectivity index (χ4v) is 3.99. The van der Waals surface area contributed by atoms with E-state index in [0.717, 1.165) is 24.8 Å². The molecule has 13 nitrogen and oxygen atoms in total. The van der Waals surface area contributed by atoms with Crippen LogP contribution in [0.15, 0.2) is 45.2 Å². The third-order valence-electron chi connectivity index (χ3n) is 5.82. The highest BCUT2D eigenvalue weighted by atomic mass is 16.6. The van der Waals surface area contributed by atoms with Gasteiger partial charge in [0.2, 0.25) is 11.4 Å². The number of carbonyl (C=O) groups is 1. The van der Waals surface area contributed by atoms with Crippen molar-refractivity contribution in [2.24, 2.45) is 10.2 Å². The molecule has 1 N–H and O–H groups in total. The van der Waals surface area contributed by atoms with Crippen LogP contribution in [0.4, 0.5) is 17.1 Å². The molecule has 0 spiro atoms. The molecule has 0 aliphatic rings. The van der Waals surface area contributed by atoms with Gasteiger partial charge in [-0.25, -0.2) is 4.63 Å². The molecule has 2 heterocycles. The number of rotatable bonds is 10. The second-order valence-corrected chi connectivity index (χ2v) is 8.19. The molecule has 0 aliphatic heterocycles. The highest BCUT2D eigenvalue weighted by Crippen LogP contribution is 2.40. The average molecular weight is 495 g/mol. The second kappa shape index (κ2) is 10.4. The number of carbonyl (C=O) groups excluding carboxylic acids is 1. The van der Waals surface area contributed by atoms with Gasteiger partial charge in [0.05, 0.1) is 23.2 Å². The Labute approximate surface area is 205 Å². The molecule has 188 valence electrons. The summed E-state index contributed by atoms with van der Waals surface area (Å²) in [6.07, 6.45) is 2.90. The van der Waals surface area contributed by atoms with E-state index >= 15 is 0 Å². The largest absolute Gasteiger partial charge is 0.497 e. The number of methoxy groups -OCH3 is 1. The van der Waals surface area contributed by atoms with E-state index < -0.39 is 10.8 Å². The highest BCUT2D eigenvalue weighted by molar-refractivity contribution is 5.97. The first kappa shape index (κ1) is 24.6. The van der Waals surface area contributed by atoms with Gasteiger partial charge in [-0.15, -0.1) is 10.2 Å². The zero-order valence-electron chi connectivity index (χ0n) is 20.0. The van der Waals surface area contributed by atoms with Gasteiger partial charge in [-0.2, -0.15) is 0 Å². The molecule has 0 saturated heterocycles. The van der Waals surface area contributed by atoms with E-state index in [4.69, 9.17) is 4.74 Å². The molecule has 0 atom stereocenters. The first-order valence-corrected chi connectivity index (χ1v) is 11.3. The Bertz CT molecular complexity index is 1460. The monoisotopic (exact) mass is 495 g/mol. The van der Waals surface area contributed by atoms with Crippen LogP contribution in [0.25, 0.3) is 21.9 Å². The van der Waals surface area contributed by atoms with Crippen molar-refractivity contribution in [3.63, 3.8) is 0 Å². The lowest BCUT2D eigenvalue weighted by Crippen LogP contribution is -2.24. The zero-order chi connectivity index (χ0) is 25.8. The minimum atomic E-state index is -0.597. The molecule has 1 amide bonds. The number of azo groups is 1. The normalized spacial score (nSPS) is 11.5. The van der Waals surface area contributed by atoms with Crippen LogP contribution in [0.2, 0.25) is 0 Å². The number of fused-ring (bicyclic) bond motifs is 2. The molecule has 2 aromatic carbocycles. The van der Waals surface area contributed by atoms with Gasteiger partial charge in [0.1, 0.15) is 12.3 Å². The molecular formula is C23H25N7O6. The third-order valence-corrected chi connectivity index (χ3v) is 5.82. The SMILES string of the molecule is CCCCCn1c(O)c(N=NC(=O)CN(C)c2ccc([N+](=O)[O-])c3nonc23)c2ccc(OC)cc21. The Hall–Kier alpha value is -4.55. The number of anilines is 1. The number of hydrogen-bond acceptors (Lipinski definition) is 10. The van der Waals surface area contributed by atoms with Gasteiger partial charge in [0.15, 0.2) is 11.2 Å². The Morgan fingerprint density at radius 1 is 1.25 bits per heavy atom. The zero-order valence-corrected chi connectivity index (χ0v) is 20.0. The molecular weight excluding hydrogens is 470 g/mol. The van der Waals surface area contributed by atoms with Crippen molar-refractivity contribution in [2.45, 2.75) is 32.7 Å². The number of aromatic nitrogens is 3. The Morgan fingerprint density at radius 2 is 2.03 bits per heavy atom. The number of amides is 1. The summed E-state index contributed by atoms with van der Waals surface area (Å²) in [7, 11) is 3.17. The van der Waals surface area contributed by atoms with Crippen molar-refractivity contribution in [3.8, 4) is 11.6 Å². The summed E-state index contributed by atoms with van der Waals surface area (Å²) in [5.74, 6) is -0.0417. The Kier molecular flexibility index (Phi) is 7.08. The molecule has 36 heavy (non-hydrogen) atoms. The summed E-state index contributed by atoms with van der Waals surface area (Å²) < 4.78 is 11.7. The van der Waals surface area contributed by atoms with Gasteiger partial charge < -0.3 is 19.3 Å². The van der Waals surface area contributed by atoms with E-state index in [2.05, 4.69) is 32.1 Å². The summed E-state index contributed by atoms with van der Waals surface area (Å²) in [6.45, 7) is 2.48. The standard InChI is InChI=1S/C23H25N7O6/c1-4-5-6-11-29-18-12-14(35-3)7-8-15(18)20(23(29)32)25-24-19(31)13-28(2)16-9-10-17(30(33)34)22-21(16)26-36-27-22/h7-10,12,32H,4-6,11,13H2,1-3H3. The summed E-state index contributed by atoms with van der Waals surface area (Å²) in [6, 6.07) is 8.04. The Morgan fingerprint density at radius 3 is 2.75 bits per heavy atom. The number of aromatic hydroxyl groups is 1. The van der Waals surface area contributed by atoms with E-state index in [0.29, 0.717) is 23.4 Å². The van der Waals surface area contributed by atoms with Gasteiger partial charge >= 0.3 is 5.69 Å². The van der Waals surface area contributed by atoms with Crippen LogP contribution < -0.4 is 9.64 Å². The fourth-order valence-electron chi connectivity index (χ4n) is 3.99. The lowest BCUT2D eigenvalue weighted by atomic mass is 10.2. The van der Waals surface area contributed by atoms with Crippen LogP contribution in [0.1, 0.15) is 26.2 Å². The number of hydrogen-bond donors (Lipinski definition) is 1. The average Bonchev–Trinajstić information content (AvgIpc) is 3.45. The van der Waals surface area contributed by atoms with Crippen LogP contribution in [-0.4, -0.2) is 51.5 Å². The van der Waals surface area contributed by atoms with Crippen molar-refractivity contribution in [1.29, 1.82) is 0 Å². The van der Waals surface area contributed by atoms with E-state index in [1.807, 2.05) is 0 Å². The number of ether oxygens (including phenoxy) is 1. The molecule has 0 saturated carbocycles. The van der Waals surface area contributed by atoms with Crippen LogP contribution in [0.3, 0.4) is 0 Å². The van der Waals surface area contributed by atoms with Gasteiger partial charge in [-0.1, -0.05) is 19.8 Å². The number of benzene rings is 2. The number of unbranched alkanes of at least 4 members (excludes halogenated alkanes) is 2. The van der Waals surface area contributed by atoms with E-state index in [1.165, 1.54) is 17.0 Å². The van der Waals surface area contributed by atoms with E-state index in [-0.39, 0.29) is 34.8 Å². The van der Waals surface area contributed by atoms with E-state index in [9.17, 15) is 20.0 Å². The first-order chi connectivity index (χ1) is 17.3. The molecule has 0 unspecified atom stereocenters. The summed E-state index contributed by atoms with van der Waals surface area (Å²) >= 11 is 0. The van der Waals surface area contributed by atoms with Gasteiger partial charge in [0.25, 0.3) is 5.91 Å². The molecule has 0 fully saturated rings. The van der Waals surface area contributed by atoms with Crippen molar-refractivity contribution in [1.82, 2.24) is 14.9 Å². The quantitative estimate of drug-likeness (QED) is 0.142. The number of likely N-dealkylation sites (N-methyl/N-ethyl adjacent to an activating group) is 1. The summed E-state index contributed by atoms with van der Waals surface area (Å²) in [5.41, 5.74) is 1.21.